The minimum Gasteiger partial charge on any atom is -0.370 e. The molecular weight excluding hydrogens is 349 g/mol. The topological polar surface area (TPSA) is 52.5 Å². The first-order valence-corrected chi connectivity index (χ1v) is 9.70. The zero-order valence-electron chi connectivity index (χ0n) is 16.2. The van der Waals surface area contributed by atoms with Gasteiger partial charge in [-0.1, -0.05) is 6.07 Å². The van der Waals surface area contributed by atoms with Gasteiger partial charge >= 0.3 is 0 Å². The average molecular weight is 378 g/mol. The molecule has 0 aliphatic heterocycles. The van der Waals surface area contributed by atoms with Crippen LogP contribution in [0.3, 0.4) is 0 Å². The smallest absolute Gasteiger partial charge is 0.191 e. The number of nitrogens with zero attached hydrogens (tertiary/aromatic N) is 3. The van der Waals surface area contributed by atoms with E-state index in [9.17, 15) is 4.39 Å². The monoisotopic (exact) mass is 377 g/mol. The first-order chi connectivity index (χ1) is 12.5. The Hall–Kier alpha value is -2.15. The molecule has 2 rings (SSSR count). The molecule has 0 radical (unpaired) electrons. The largest absolute Gasteiger partial charge is 0.370 e. The predicted molar refractivity (Wildman–Crippen MR) is 109 cm³/mol. The van der Waals surface area contributed by atoms with Crippen LogP contribution in [0.1, 0.15) is 35.0 Å². The fourth-order valence-corrected chi connectivity index (χ4v) is 3.54. The molecule has 0 unspecified atom stereocenters. The molecule has 1 aromatic carbocycles. The number of halogens is 1. The quantitative estimate of drug-likeness (QED) is 0.572. The number of aliphatic imine (C=N–C) groups is 1. The Labute approximate surface area is 159 Å². The van der Waals surface area contributed by atoms with Crippen molar-refractivity contribution >= 4 is 23.0 Å². The number of hydrogen-bond donors (Lipinski definition) is 2. The summed E-state index contributed by atoms with van der Waals surface area (Å²) in [4.78, 5) is 12.0. The summed E-state index contributed by atoms with van der Waals surface area (Å²) in [5.74, 6) is 0.480. The summed E-state index contributed by atoms with van der Waals surface area (Å²) < 4.78 is 14.4. The maximum atomic E-state index is 14.4. The SMILES string of the molecule is CCN(CC)c1ccc(CNC(=NC)NCc2nc(C)c(C)s2)cc1F. The van der Waals surface area contributed by atoms with E-state index in [4.69, 9.17) is 0 Å². The van der Waals surface area contributed by atoms with Crippen LogP contribution in [-0.4, -0.2) is 31.1 Å². The number of anilines is 1. The van der Waals surface area contributed by atoms with Crippen molar-refractivity contribution in [1.29, 1.82) is 0 Å². The molecule has 0 aliphatic carbocycles. The van der Waals surface area contributed by atoms with Crippen LogP contribution in [0, 0.1) is 19.7 Å². The summed E-state index contributed by atoms with van der Waals surface area (Å²) in [6, 6.07) is 5.38. The van der Waals surface area contributed by atoms with Gasteiger partial charge in [-0.25, -0.2) is 9.37 Å². The molecule has 2 N–H and O–H groups in total. The van der Waals surface area contributed by atoms with E-state index in [1.807, 2.05) is 37.8 Å². The number of benzene rings is 1. The van der Waals surface area contributed by atoms with Gasteiger partial charge in [0.15, 0.2) is 5.96 Å². The normalized spacial score (nSPS) is 11.5. The van der Waals surface area contributed by atoms with Crippen molar-refractivity contribution in [1.82, 2.24) is 15.6 Å². The number of aromatic nitrogens is 1. The van der Waals surface area contributed by atoms with Gasteiger partial charge in [0.1, 0.15) is 10.8 Å². The average Bonchev–Trinajstić information content (AvgIpc) is 2.95. The molecule has 0 atom stereocenters. The highest BCUT2D eigenvalue weighted by atomic mass is 32.1. The molecular formula is C19H28FN5S. The van der Waals surface area contributed by atoms with Crippen LogP contribution in [0.15, 0.2) is 23.2 Å². The number of thiazole rings is 1. The third-order valence-electron chi connectivity index (χ3n) is 4.28. The lowest BCUT2D eigenvalue weighted by Gasteiger charge is -2.22. The summed E-state index contributed by atoms with van der Waals surface area (Å²) in [5.41, 5.74) is 2.59. The highest BCUT2D eigenvalue weighted by Gasteiger charge is 2.10. The van der Waals surface area contributed by atoms with Crippen LogP contribution in [0.4, 0.5) is 10.1 Å². The number of aryl methyl sites for hydroxylation is 2. The Morgan fingerprint density at radius 1 is 1.19 bits per heavy atom. The number of rotatable bonds is 7. The Kier molecular flexibility index (Phi) is 7.38. The van der Waals surface area contributed by atoms with E-state index in [0.717, 1.165) is 29.4 Å². The first kappa shape index (κ1) is 20.2. The second kappa shape index (κ2) is 9.52. The van der Waals surface area contributed by atoms with E-state index in [1.54, 1.807) is 24.5 Å². The fraction of sp³-hybridized carbons (Fsp3) is 0.474. The van der Waals surface area contributed by atoms with E-state index in [-0.39, 0.29) is 5.82 Å². The molecule has 26 heavy (non-hydrogen) atoms. The van der Waals surface area contributed by atoms with Crippen molar-refractivity contribution in [3.8, 4) is 0 Å². The van der Waals surface area contributed by atoms with E-state index in [2.05, 4.69) is 27.5 Å². The summed E-state index contributed by atoms with van der Waals surface area (Å²) >= 11 is 1.68. The van der Waals surface area contributed by atoms with Gasteiger partial charge in [-0.15, -0.1) is 11.3 Å². The highest BCUT2D eigenvalue weighted by Crippen LogP contribution is 2.20. The first-order valence-electron chi connectivity index (χ1n) is 8.89. The van der Waals surface area contributed by atoms with E-state index < -0.39 is 0 Å². The van der Waals surface area contributed by atoms with Gasteiger partial charge in [0.05, 0.1) is 17.9 Å². The van der Waals surface area contributed by atoms with Gasteiger partial charge in [0.25, 0.3) is 0 Å². The molecule has 0 saturated heterocycles. The lowest BCUT2D eigenvalue weighted by molar-refractivity contribution is 0.617. The molecule has 2 aromatic rings. The third-order valence-corrected chi connectivity index (χ3v) is 5.35. The van der Waals surface area contributed by atoms with E-state index in [1.165, 1.54) is 4.88 Å². The summed E-state index contributed by atoms with van der Waals surface area (Å²) in [7, 11) is 1.72. The third kappa shape index (κ3) is 5.17. The number of nitrogens with one attached hydrogen (secondary N) is 2. The lowest BCUT2D eigenvalue weighted by Crippen LogP contribution is -2.36. The molecule has 0 bridgehead atoms. The van der Waals surface area contributed by atoms with Crippen LogP contribution in [-0.2, 0) is 13.1 Å². The Morgan fingerprint density at radius 2 is 1.88 bits per heavy atom. The van der Waals surface area contributed by atoms with Gasteiger partial charge in [0.2, 0.25) is 0 Å². The van der Waals surface area contributed by atoms with E-state index >= 15 is 0 Å². The highest BCUT2D eigenvalue weighted by molar-refractivity contribution is 7.11. The maximum absolute atomic E-state index is 14.4. The van der Waals surface area contributed by atoms with Crippen LogP contribution in [0.25, 0.3) is 0 Å². The molecule has 0 spiro atoms. The minimum atomic E-state index is -0.190. The zero-order chi connectivity index (χ0) is 19.1. The van der Waals surface area contributed by atoms with Crippen molar-refractivity contribution in [3.05, 3.63) is 45.2 Å². The zero-order valence-corrected chi connectivity index (χ0v) is 17.0. The molecule has 0 aliphatic rings. The van der Waals surface area contributed by atoms with Crippen molar-refractivity contribution in [2.45, 2.75) is 40.8 Å². The van der Waals surface area contributed by atoms with Crippen LogP contribution in [0.2, 0.25) is 0 Å². The molecule has 0 saturated carbocycles. The lowest BCUT2D eigenvalue weighted by atomic mass is 10.2. The van der Waals surface area contributed by atoms with Crippen LogP contribution >= 0.6 is 11.3 Å². The minimum absolute atomic E-state index is 0.190. The predicted octanol–water partition coefficient (Wildman–Crippen LogP) is 3.61. The second-order valence-corrected chi connectivity index (χ2v) is 7.27. The molecule has 1 heterocycles. The van der Waals surface area contributed by atoms with Crippen molar-refractivity contribution in [3.63, 3.8) is 0 Å². The molecule has 5 nitrogen and oxygen atoms in total. The fourth-order valence-electron chi connectivity index (χ4n) is 2.66. The Bertz CT molecular complexity index is 733. The Morgan fingerprint density at radius 3 is 2.42 bits per heavy atom. The molecule has 0 fully saturated rings. The molecule has 1 aromatic heterocycles. The maximum Gasteiger partial charge on any atom is 0.191 e. The second-order valence-electron chi connectivity index (χ2n) is 5.99. The van der Waals surface area contributed by atoms with Gasteiger partial charge in [-0.2, -0.15) is 0 Å². The van der Waals surface area contributed by atoms with E-state index in [0.29, 0.717) is 24.7 Å². The van der Waals surface area contributed by atoms with Gasteiger partial charge in [0, 0.05) is 31.6 Å². The molecule has 142 valence electrons. The van der Waals surface area contributed by atoms with Gasteiger partial charge in [-0.05, 0) is 45.4 Å². The summed E-state index contributed by atoms with van der Waals surface area (Å²) in [6.07, 6.45) is 0. The summed E-state index contributed by atoms with van der Waals surface area (Å²) in [5, 5.41) is 7.49. The number of guanidine groups is 1. The Balaban J connectivity index is 1.92. The van der Waals surface area contributed by atoms with Crippen molar-refractivity contribution in [2.24, 2.45) is 4.99 Å². The van der Waals surface area contributed by atoms with Gasteiger partial charge < -0.3 is 15.5 Å². The molecule has 0 amide bonds. The van der Waals surface area contributed by atoms with Crippen LogP contribution < -0.4 is 15.5 Å². The molecule has 7 heteroatoms. The summed E-state index contributed by atoms with van der Waals surface area (Å²) in [6.45, 7) is 10.8. The number of hydrogen-bond acceptors (Lipinski definition) is 4. The van der Waals surface area contributed by atoms with Crippen molar-refractivity contribution in [2.75, 3.05) is 25.0 Å². The standard InChI is InChI=1S/C19H28FN5S/c1-6-25(7-2)17-9-8-15(10-16(17)20)11-22-19(21-5)23-12-18-24-13(3)14(4)26-18/h8-10H,6-7,11-12H2,1-5H3,(H2,21,22,23). The van der Waals surface area contributed by atoms with Gasteiger partial charge in [-0.3, -0.25) is 4.99 Å². The van der Waals surface area contributed by atoms with Crippen LogP contribution in [0.5, 0.6) is 0 Å². The van der Waals surface area contributed by atoms with Crippen molar-refractivity contribution < 1.29 is 4.39 Å².